The summed E-state index contributed by atoms with van der Waals surface area (Å²) in [6, 6.07) is 15.0. The van der Waals surface area contributed by atoms with Crippen LogP contribution in [0.15, 0.2) is 48.5 Å². The molecular weight excluding hydrogens is 370 g/mol. The number of anilines is 1. The second kappa shape index (κ2) is 9.24. The molecule has 3 rings (SSSR count). The molecule has 0 unspecified atom stereocenters. The second-order valence-corrected chi connectivity index (χ2v) is 8.26. The molecule has 7 heteroatoms. The number of nitro benzene ring substituents is 1. The average Bonchev–Trinajstić information content (AvgIpc) is 2.71. The Labute approximate surface area is 171 Å². The largest absolute Gasteiger partial charge is 0.488 e. The Morgan fingerprint density at radius 1 is 1.17 bits per heavy atom. The van der Waals surface area contributed by atoms with Crippen molar-refractivity contribution in [1.82, 2.24) is 0 Å². The monoisotopic (exact) mass is 400 g/mol. The molecule has 1 aliphatic heterocycles. The SMILES string of the molecule is CC(C)(C)c1ccc(OCC[NH2+][C@H]2COCCN2c2ccc([N+](=O)[O-])cc2)cc1. The van der Waals surface area contributed by atoms with E-state index in [1.165, 1.54) is 5.56 Å². The maximum Gasteiger partial charge on any atom is 0.269 e. The molecule has 1 aliphatic rings. The van der Waals surface area contributed by atoms with Crippen LogP contribution in [0, 0.1) is 10.1 Å². The van der Waals surface area contributed by atoms with Crippen molar-refractivity contribution in [1.29, 1.82) is 0 Å². The summed E-state index contributed by atoms with van der Waals surface area (Å²) in [5.74, 6) is 0.874. The van der Waals surface area contributed by atoms with Gasteiger partial charge in [-0.05, 0) is 35.2 Å². The number of hydrogen-bond donors (Lipinski definition) is 1. The number of non-ortho nitro benzene ring substituents is 1. The van der Waals surface area contributed by atoms with Crippen LogP contribution in [0.25, 0.3) is 0 Å². The van der Waals surface area contributed by atoms with Gasteiger partial charge in [0.15, 0.2) is 6.17 Å². The van der Waals surface area contributed by atoms with E-state index in [-0.39, 0.29) is 22.2 Å². The molecule has 0 amide bonds. The highest BCUT2D eigenvalue weighted by molar-refractivity contribution is 5.51. The van der Waals surface area contributed by atoms with Crippen LogP contribution in [0.5, 0.6) is 5.75 Å². The van der Waals surface area contributed by atoms with Crippen LogP contribution >= 0.6 is 0 Å². The van der Waals surface area contributed by atoms with Gasteiger partial charge in [0.05, 0.1) is 11.5 Å². The van der Waals surface area contributed by atoms with Crippen LogP contribution in [-0.4, -0.2) is 44.0 Å². The van der Waals surface area contributed by atoms with E-state index < -0.39 is 0 Å². The highest BCUT2D eigenvalue weighted by atomic mass is 16.6. The van der Waals surface area contributed by atoms with Gasteiger partial charge in [-0.15, -0.1) is 0 Å². The van der Waals surface area contributed by atoms with Crippen molar-refractivity contribution in [2.24, 2.45) is 0 Å². The van der Waals surface area contributed by atoms with Gasteiger partial charge in [0.1, 0.15) is 25.5 Å². The first kappa shape index (κ1) is 21.1. The third kappa shape index (κ3) is 5.68. The van der Waals surface area contributed by atoms with Gasteiger partial charge >= 0.3 is 0 Å². The van der Waals surface area contributed by atoms with Gasteiger partial charge in [0.25, 0.3) is 5.69 Å². The van der Waals surface area contributed by atoms with E-state index in [4.69, 9.17) is 9.47 Å². The number of ether oxygens (including phenoxy) is 2. The first-order valence-corrected chi connectivity index (χ1v) is 10.00. The Morgan fingerprint density at radius 2 is 1.86 bits per heavy atom. The summed E-state index contributed by atoms with van der Waals surface area (Å²) < 4.78 is 11.5. The lowest BCUT2D eigenvalue weighted by atomic mass is 9.87. The Balaban J connectivity index is 1.51. The normalized spacial score (nSPS) is 17.2. The van der Waals surface area contributed by atoms with Crippen molar-refractivity contribution in [2.75, 3.05) is 37.8 Å². The van der Waals surface area contributed by atoms with Gasteiger partial charge in [-0.25, -0.2) is 0 Å². The summed E-state index contributed by atoms with van der Waals surface area (Å²) >= 11 is 0. The molecule has 1 fully saturated rings. The highest BCUT2D eigenvalue weighted by Crippen LogP contribution is 2.24. The minimum absolute atomic E-state index is 0.105. The fraction of sp³-hybridized carbons (Fsp3) is 0.455. The first-order chi connectivity index (χ1) is 13.8. The van der Waals surface area contributed by atoms with Gasteiger partial charge in [-0.1, -0.05) is 32.9 Å². The van der Waals surface area contributed by atoms with Crippen LogP contribution in [0.3, 0.4) is 0 Å². The molecule has 0 saturated carbocycles. The van der Waals surface area contributed by atoms with Crippen molar-refractivity contribution in [3.8, 4) is 5.75 Å². The molecule has 0 aromatic heterocycles. The van der Waals surface area contributed by atoms with E-state index in [9.17, 15) is 10.1 Å². The minimum Gasteiger partial charge on any atom is -0.488 e. The molecule has 1 heterocycles. The molecule has 1 atom stereocenters. The quantitative estimate of drug-likeness (QED) is 0.439. The second-order valence-electron chi connectivity index (χ2n) is 8.26. The summed E-state index contributed by atoms with van der Waals surface area (Å²) in [7, 11) is 0. The summed E-state index contributed by atoms with van der Waals surface area (Å²) in [6.07, 6.45) is 0.122. The lowest BCUT2D eigenvalue weighted by molar-refractivity contribution is -0.692. The number of nitro groups is 1. The van der Waals surface area contributed by atoms with Crippen LogP contribution in [0.1, 0.15) is 26.3 Å². The van der Waals surface area contributed by atoms with Crippen LogP contribution in [-0.2, 0) is 10.2 Å². The summed E-state index contributed by atoms with van der Waals surface area (Å²) in [5, 5.41) is 13.1. The molecule has 7 nitrogen and oxygen atoms in total. The van der Waals surface area contributed by atoms with Crippen LogP contribution in [0.2, 0.25) is 0 Å². The maximum absolute atomic E-state index is 10.9. The molecule has 0 bridgehead atoms. The smallest absolute Gasteiger partial charge is 0.269 e. The number of hydrogen-bond acceptors (Lipinski definition) is 5. The molecule has 156 valence electrons. The highest BCUT2D eigenvalue weighted by Gasteiger charge is 2.26. The van der Waals surface area contributed by atoms with Gasteiger partial charge in [0, 0.05) is 24.4 Å². The summed E-state index contributed by atoms with van der Waals surface area (Å²) in [4.78, 5) is 12.7. The van der Waals surface area contributed by atoms with Crippen LogP contribution < -0.4 is 15.0 Å². The molecule has 0 aliphatic carbocycles. The zero-order chi connectivity index (χ0) is 20.9. The van der Waals surface area contributed by atoms with E-state index in [1.807, 2.05) is 12.1 Å². The topological polar surface area (TPSA) is 81.5 Å². The van der Waals surface area contributed by atoms with E-state index in [1.54, 1.807) is 24.3 Å². The van der Waals surface area contributed by atoms with Gasteiger partial charge < -0.3 is 19.7 Å². The average molecular weight is 400 g/mol. The third-order valence-electron chi connectivity index (χ3n) is 5.10. The lowest BCUT2D eigenvalue weighted by Crippen LogP contribution is -2.96. The summed E-state index contributed by atoms with van der Waals surface area (Å²) in [5.41, 5.74) is 2.50. The minimum atomic E-state index is -0.377. The fourth-order valence-electron chi connectivity index (χ4n) is 3.39. The van der Waals surface area contributed by atoms with E-state index >= 15 is 0 Å². The number of nitrogens with zero attached hydrogens (tertiary/aromatic N) is 2. The number of nitrogens with two attached hydrogens (primary N) is 1. The summed E-state index contributed by atoms with van der Waals surface area (Å²) in [6.45, 7) is 9.99. The molecule has 2 N–H and O–H groups in total. The number of morpholine rings is 1. The molecule has 0 radical (unpaired) electrons. The molecule has 29 heavy (non-hydrogen) atoms. The predicted molar refractivity (Wildman–Crippen MR) is 112 cm³/mol. The van der Waals surface area contributed by atoms with Gasteiger partial charge in [-0.3, -0.25) is 10.1 Å². The zero-order valence-electron chi connectivity index (χ0n) is 17.3. The molecule has 1 saturated heterocycles. The molecule has 0 spiro atoms. The first-order valence-electron chi connectivity index (χ1n) is 10.00. The Kier molecular flexibility index (Phi) is 6.71. The zero-order valence-corrected chi connectivity index (χ0v) is 17.3. The van der Waals surface area contributed by atoms with E-state index in [0.29, 0.717) is 19.8 Å². The van der Waals surface area contributed by atoms with Crippen LogP contribution in [0.4, 0.5) is 11.4 Å². The Morgan fingerprint density at radius 3 is 2.48 bits per heavy atom. The van der Waals surface area contributed by atoms with Crippen molar-refractivity contribution >= 4 is 11.4 Å². The van der Waals surface area contributed by atoms with E-state index in [0.717, 1.165) is 24.5 Å². The van der Waals surface area contributed by atoms with E-state index in [2.05, 4.69) is 43.1 Å². The van der Waals surface area contributed by atoms with Crippen molar-refractivity contribution in [2.45, 2.75) is 32.4 Å². The van der Waals surface area contributed by atoms with Crippen molar-refractivity contribution < 1.29 is 19.7 Å². The predicted octanol–water partition coefficient (Wildman–Crippen LogP) is 2.70. The number of rotatable bonds is 7. The Bertz CT molecular complexity index is 800. The third-order valence-corrected chi connectivity index (χ3v) is 5.10. The maximum atomic E-state index is 10.9. The molecule has 2 aromatic rings. The van der Waals surface area contributed by atoms with Crippen molar-refractivity contribution in [3.05, 3.63) is 64.2 Å². The molecular formula is C22H30N3O4+. The lowest BCUT2D eigenvalue weighted by Gasteiger charge is -2.35. The van der Waals surface area contributed by atoms with Gasteiger partial charge in [0.2, 0.25) is 0 Å². The molecule has 2 aromatic carbocycles. The fourth-order valence-corrected chi connectivity index (χ4v) is 3.39. The Hall–Kier alpha value is -2.64. The van der Waals surface area contributed by atoms with Crippen molar-refractivity contribution in [3.63, 3.8) is 0 Å². The number of benzene rings is 2. The number of quaternary nitrogens is 1. The van der Waals surface area contributed by atoms with Gasteiger partial charge in [-0.2, -0.15) is 0 Å². The standard InChI is InChI=1S/C22H29N3O4/c1-22(2,3)17-4-10-20(11-5-17)29-14-12-23-21-16-28-15-13-24(21)18-6-8-19(9-7-18)25(26)27/h4-11,21,23H,12-16H2,1-3H3/p+1/t21-/m1/s1.